The monoisotopic (exact) mass is 291 g/mol. The second kappa shape index (κ2) is 6.37. The van der Waals surface area contributed by atoms with E-state index in [0.29, 0.717) is 5.75 Å². The van der Waals surface area contributed by atoms with Crippen LogP contribution in [0.25, 0.3) is 0 Å². The first-order valence-electron chi connectivity index (χ1n) is 7.70. The van der Waals surface area contributed by atoms with Gasteiger partial charge in [-0.05, 0) is 36.3 Å². The van der Waals surface area contributed by atoms with Gasteiger partial charge in [0.15, 0.2) is 0 Å². The highest BCUT2D eigenvalue weighted by molar-refractivity contribution is 5.66. The summed E-state index contributed by atoms with van der Waals surface area (Å²) in [7, 11) is 0. The average Bonchev–Trinajstić information content (AvgIpc) is 2.40. The van der Waals surface area contributed by atoms with Crippen molar-refractivity contribution < 1.29 is 15.0 Å². The molecule has 0 saturated heterocycles. The number of benzene rings is 1. The van der Waals surface area contributed by atoms with E-state index in [1.54, 1.807) is 6.07 Å². The molecule has 1 aromatic rings. The van der Waals surface area contributed by atoms with Crippen LogP contribution in [0.2, 0.25) is 0 Å². The van der Waals surface area contributed by atoms with Crippen molar-refractivity contribution in [3.8, 4) is 5.75 Å². The van der Waals surface area contributed by atoms with Gasteiger partial charge in [-0.25, -0.2) is 0 Å². The fourth-order valence-electron chi connectivity index (χ4n) is 3.01. The summed E-state index contributed by atoms with van der Waals surface area (Å²) in [5, 5.41) is 18.4. The number of unbranched alkanes of at least 4 members (excludes halogenated alkanes) is 2. The van der Waals surface area contributed by atoms with Gasteiger partial charge in [-0.1, -0.05) is 26.3 Å². The zero-order valence-electron chi connectivity index (χ0n) is 12.9. The van der Waals surface area contributed by atoms with E-state index in [9.17, 15) is 9.90 Å². The Bertz CT molecular complexity index is 511. The van der Waals surface area contributed by atoms with E-state index in [1.165, 1.54) is 5.56 Å². The number of rotatable bonds is 6. The predicted octanol–water partition coefficient (Wildman–Crippen LogP) is 3.52. The number of carboxylic acid groups (broad SMARTS) is 1. The summed E-state index contributed by atoms with van der Waals surface area (Å²) < 4.78 is 0. The zero-order valence-corrected chi connectivity index (χ0v) is 12.9. The quantitative estimate of drug-likeness (QED) is 0.787. The largest absolute Gasteiger partial charge is 0.508 e. The SMILES string of the molecule is CC1(C)CCN(CCCCCC(=O)O)c2cc(O)ccc21. The molecule has 0 spiro atoms. The Balaban J connectivity index is 1.99. The number of aromatic hydroxyl groups is 1. The number of phenolic OH excluding ortho intramolecular Hbond substituents is 1. The molecule has 0 bridgehead atoms. The van der Waals surface area contributed by atoms with Crippen molar-refractivity contribution in [1.82, 2.24) is 0 Å². The number of nitrogens with zero attached hydrogens (tertiary/aromatic N) is 1. The van der Waals surface area contributed by atoms with Gasteiger partial charge in [0.05, 0.1) is 0 Å². The van der Waals surface area contributed by atoms with Crippen LogP contribution in [-0.4, -0.2) is 29.3 Å². The fourth-order valence-corrected chi connectivity index (χ4v) is 3.01. The number of carboxylic acids is 1. The maximum atomic E-state index is 10.5. The first-order chi connectivity index (χ1) is 9.90. The lowest BCUT2D eigenvalue weighted by Gasteiger charge is -2.40. The third kappa shape index (κ3) is 3.90. The number of fused-ring (bicyclic) bond motifs is 1. The van der Waals surface area contributed by atoms with Crippen molar-refractivity contribution in [3.05, 3.63) is 23.8 Å². The molecule has 21 heavy (non-hydrogen) atoms. The molecular formula is C17H25NO3. The van der Waals surface area contributed by atoms with Crippen LogP contribution in [0.1, 0.15) is 51.5 Å². The summed E-state index contributed by atoms with van der Waals surface area (Å²) in [6.07, 6.45) is 4.01. The minimum atomic E-state index is -0.718. The standard InChI is InChI=1S/C17H25NO3/c1-17(2)9-11-18(10-5-3-4-6-16(20)21)15-12-13(19)7-8-14(15)17/h7-8,12,19H,3-6,9-11H2,1-2H3,(H,20,21). The average molecular weight is 291 g/mol. The van der Waals surface area contributed by atoms with Crippen LogP contribution in [0, 0.1) is 0 Å². The van der Waals surface area contributed by atoms with Gasteiger partial charge in [0.2, 0.25) is 0 Å². The molecule has 4 heteroatoms. The minimum absolute atomic E-state index is 0.142. The number of aliphatic carboxylic acids is 1. The summed E-state index contributed by atoms with van der Waals surface area (Å²) in [6, 6.07) is 5.64. The molecule has 1 aliphatic rings. The molecule has 1 aromatic carbocycles. The van der Waals surface area contributed by atoms with Crippen LogP contribution in [0.3, 0.4) is 0 Å². The summed E-state index contributed by atoms with van der Waals surface area (Å²) >= 11 is 0. The number of anilines is 1. The first kappa shape index (κ1) is 15.7. The van der Waals surface area contributed by atoms with Crippen molar-refractivity contribution in [2.75, 3.05) is 18.0 Å². The lowest BCUT2D eigenvalue weighted by Crippen LogP contribution is -2.37. The van der Waals surface area contributed by atoms with Gasteiger partial charge in [-0.2, -0.15) is 0 Å². The van der Waals surface area contributed by atoms with Gasteiger partial charge in [-0.3, -0.25) is 4.79 Å². The van der Waals surface area contributed by atoms with Crippen molar-refractivity contribution in [1.29, 1.82) is 0 Å². The van der Waals surface area contributed by atoms with Crippen molar-refractivity contribution in [3.63, 3.8) is 0 Å². The third-order valence-corrected chi connectivity index (χ3v) is 4.38. The highest BCUT2D eigenvalue weighted by Crippen LogP contribution is 2.41. The van der Waals surface area contributed by atoms with Gasteiger partial charge in [-0.15, -0.1) is 0 Å². The van der Waals surface area contributed by atoms with Crippen LogP contribution in [0.5, 0.6) is 5.75 Å². The number of hydrogen-bond donors (Lipinski definition) is 2. The molecule has 4 nitrogen and oxygen atoms in total. The summed E-state index contributed by atoms with van der Waals surface area (Å²) in [5.74, 6) is -0.410. The molecule has 1 heterocycles. The summed E-state index contributed by atoms with van der Waals surface area (Å²) in [6.45, 7) is 6.40. The lowest BCUT2D eigenvalue weighted by molar-refractivity contribution is -0.137. The second-order valence-corrected chi connectivity index (χ2v) is 6.53. The van der Waals surface area contributed by atoms with E-state index in [2.05, 4.69) is 18.7 Å². The molecule has 0 aromatic heterocycles. The third-order valence-electron chi connectivity index (χ3n) is 4.38. The summed E-state index contributed by atoms with van der Waals surface area (Å²) in [5.41, 5.74) is 2.56. The molecule has 1 aliphatic heterocycles. The molecule has 0 radical (unpaired) electrons. The number of phenols is 1. The predicted molar refractivity (Wildman–Crippen MR) is 84.1 cm³/mol. The molecule has 2 N–H and O–H groups in total. The van der Waals surface area contributed by atoms with E-state index in [4.69, 9.17) is 5.11 Å². The van der Waals surface area contributed by atoms with Crippen LogP contribution in [-0.2, 0) is 10.2 Å². The van der Waals surface area contributed by atoms with E-state index >= 15 is 0 Å². The van der Waals surface area contributed by atoms with Gasteiger partial charge in [0.1, 0.15) is 5.75 Å². The lowest BCUT2D eigenvalue weighted by atomic mass is 9.77. The topological polar surface area (TPSA) is 60.8 Å². The second-order valence-electron chi connectivity index (χ2n) is 6.53. The van der Waals surface area contributed by atoms with Crippen LogP contribution in [0.15, 0.2) is 18.2 Å². The molecule has 116 valence electrons. The van der Waals surface area contributed by atoms with Gasteiger partial charge in [0, 0.05) is 31.3 Å². The van der Waals surface area contributed by atoms with Crippen molar-refractivity contribution in [2.24, 2.45) is 0 Å². The molecule has 0 saturated carbocycles. The van der Waals surface area contributed by atoms with E-state index in [-0.39, 0.29) is 11.8 Å². The van der Waals surface area contributed by atoms with E-state index < -0.39 is 5.97 Å². The number of carbonyl (C=O) groups is 1. The van der Waals surface area contributed by atoms with Crippen molar-refractivity contribution in [2.45, 2.75) is 51.4 Å². The first-order valence-corrected chi connectivity index (χ1v) is 7.70. The van der Waals surface area contributed by atoms with Crippen LogP contribution >= 0.6 is 0 Å². The Morgan fingerprint density at radius 2 is 2.05 bits per heavy atom. The Morgan fingerprint density at radius 1 is 1.29 bits per heavy atom. The smallest absolute Gasteiger partial charge is 0.303 e. The van der Waals surface area contributed by atoms with Crippen molar-refractivity contribution >= 4 is 11.7 Å². The molecule has 0 aliphatic carbocycles. The Labute approximate surface area is 126 Å². The molecule has 0 amide bonds. The highest BCUT2D eigenvalue weighted by Gasteiger charge is 2.30. The Kier molecular flexibility index (Phi) is 4.76. The van der Waals surface area contributed by atoms with Gasteiger partial charge >= 0.3 is 5.97 Å². The summed E-state index contributed by atoms with van der Waals surface area (Å²) in [4.78, 5) is 12.8. The van der Waals surface area contributed by atoms with E-state index in [1.807, 2.05) is 12.1 Å². The van der Waals surface area contributed by atoms with E-state index in [0.717, 1.165) is 44.5 Å². The maximum Gasteiger partial charge on any atom is 0.303 e. The molecular weight excluding hydrogens is 266 g/mol. The van der Waals surface area contributed by atoms with Crippen LogP contribution < -0.4 is 4.90 Å². The maximum absolute atomic E-state index is 10.5. The Hall–Kier alpha value is -1.71. The molecule has 0 unspecified atom stereocenters. The Morgan fingerprint density at radius 3 is 2.76 bits per heavy atom. The highest BCUT2D eigenvalue weighted by atomic mass is 16.4. The van der Waals surface area contributed by atoms with Gasteiger partial charge < -0.3 is 15.1 Å². The van der Waals surface area contributed by atoms with Gasteiger partial charge in [0.25, 0.3) is 0 Å². The molecule has 0 atom stereocenters. The van der Waals surface area contributed by atoms with Crippen LogP contribution in [0.4, 0.5) is 5.69 Å². The molecule has 2 rings (SSSR count). The molecule has 0 fully saturated rings. The zero-order chi connectivity index (χ0) is 15.5. The minimum Gasteiger partial charge on any atom is -0.508 e. The fraction of sp³-hybridized carbons (Fsp3) is 0.588. The number of hydrogen-bond acceptors (Lipinski definition) is 3. The normalized spacial score (nSPS) is 16.6.